The summed E-state index contributed by atoms with van der Waals surface area (Å²) in [5.41, 5.74) is 1.60. The van der Waals surface area contributed by atoms with Crippen LogP contribution in [0.5, 0.6) is 0 Å². The van der Waals surface area contributed by atoms with Crippen LogP contribution in [0.3, 0.4) is 0 Å². The van der Waals surface area contributed by atoms with E-state index in [1.807, 2.05) is 34.9 Å². The second-order valence-corrected chi connectivity index (χ2v) is 7.58. The third-order valence-corrected chi connectivity index (χ3v) is 5.55. The summed E-state index contributed by atoms with van der Waals surface area (Å²) in [5.74, 6) is 0.328. The topological polar surface area (TPSA) is 55.9 Å². The van der Waals surface area contributed by atoms with Crippen molar-refractivity contribution in [3.63, 3.8) is 0 Å². The first-order chi connectivity index (χ1) is 11.9. The summed E-state index contributed by atoms with van der Waals surface area (Å²) in [6, 6.07) is 5.46. The highest BCUT2D eigenvalue weighted by atomic mass is 35.5. The molecule has 3 fully saturated rings. The Hall–Kier alpha value is -1.95. The van der Waals surface area contributed by atoms with E-state index in [2.05, 4.69) is 5.32 Å². The van der Waals surface area contributed by atoms with Crippen LogP contribution in [0, 0.1) is 12.8 Å². The van der Waals surface area contributed by atoms with Gasteiger partial charge in [0.25, 0.3) is 0 Å². The number of hydrogen-bond donors (Lipinski definition) is 1. The standard InChI is InChI=1S/C18H25ClN4O2/c1-12-15(19)5-4-6-16(12)20-17(24)23-10-13-7-8-14(23)11-22(9-13)18(25)21(2)3/h4-6,13-14H,7-11H2,1-3H3,(H,20,24)/t13-,14+/m0/s1. The van der Waals surface area contributed by atoms with Gasteiger partial charge in [0.05, 0.1) is 6.04 Å². The molecule has 2 bridgehead atoms. The highest BCUT2D eigenvalue weighted by Crippen LogP contribution is 2.30. The highest BCUT2D eigenvalue weighted by Gasteiger charge is 2.39. The minimum atomic E-state index is -0.112. The van der Waals surface area contributed by atoms with Crippen molar-refractivity contribution >= 4 is 29.4 Å². The first-order valence-corrected chi connectivity index (χ1v) is 9.03. The lowest BCUT2D eigenvalue weighted by molar-refractivity contribution is 0.149. The second-order valence-electron chi connectivity index (χ2n) is 7.17. The Morgan fingerprint density at radius 1 is 1.20 bits per heavy atom. The lowest BCUT2D eigenvalue weighted by Gasteiger charge is -2.36. The zero-order valence-corrected chi connectivity index (χ0v) is 15.7. The Balaban J connectivity index is 1.74. The molecular formula is C18H25ClN4O2. The lowest BCUT2D eigenvalue weighted by Crippen LogP contribution is -2.50. The normalized spacial score (nSPS) is 22.6. The zero-order valence-electron chi connectivity index (χ0n) is 15.0. The van der Waals surface area contributed by atoms with Gasteiger partial charge >= 0.3 is 12.1 Å². The molecule has 0 unspecified atom stereocenters. The summed E-state index contributed by atoms with van der Waals surface area (Å²) < 4.78 is 0. The summed E-state index contributed by atoms with van der Waals surface area (Å²) >= 11 is 6.14. The minimum Gasteiger partial charge on any atom is -0.331 e. The van der Waals surface area contributed by atoms with Gasteiger partial charge in [0, 0.05) is 44.4 Å². The molecule has 3 aliphatic heterocycles. The molecular weight excluding hydrogens is 340 g/mol. The van der Waals surface area contributed by atoms with Crippen LogP contribution in [0.1, 0.15) is 18.4 Å². The molecule has 3 heterocycles. The quantitative estimate of drug-likeness (QED) is 0.831. The van der Waals surface area contributed by atoms with E-state index in [1.165, 1.54) is 0 Å². The molecule has 7 heteroatoms. The van der Waals surface area contributed by atoms with Crippen LogP contribution < -0.4 is 5.32 Å². The van der Waals surface area contributed by atoms with Gasteiger partial charge in [-0.3, -0.25) is 0 Å². The molecule has 1 aromatic carbocycles. The zero-order chi connectivity index (χ0) is 18.1. The fourth-order valence-electron chi connectivity index (χ4n) is 3.70. The number of benzene rings is 1. The largest absolute Gasteiger partial charge is 0.331 e. The summed E-state index contributed by atoms with van der Waals surface area (Å²) in [6.07, 6.45) is 1.99. The van der Waals surface area contributed by atoms with Crippen molar-refractivity contribution in [3.8, 4) is 0 Å². The summed E-state index contributed by atoms with van der Waals surface area (Å²) in [5, 5.41) is 3.63. The van der Waals surface area contributed by atoms with Gasteiger partial charge < -0.3 is 20.0 Å². The van der Waals surface area contributed by atoms with Gasteiger partial charge in [-0.1, -0.05) is 17.7 Å². The molecule has 4 amide bonds. The van der Waals surface area contributed by atoms with Crippen LogP contribution in [0.2, 0.25) is 5.02 Å². The Kier molecular flexibility index (Phi) is 5.08. The molecule has 1 N–H and O–H groups in total. The van der Waals surface area contributed by atoms with Gasteiger partial charge in [0.2, 0.25) is 0 Å². The summed E-state index contributed by atoms with van der Waals surface area (Å²) in [7, 11) is 3.53. The third kappa shape index (κ3) is 3.68. The molecule has 0 radical (unpaired) electrons. The van der Waals surface area contributed by atoms with Crippen molar-refractivity contribution in [1.82, 2.24) is 14.7 Å². The fraction of sp³-hybridized carbons (Fsp3) is 0.556. The Morgan fingerprint density at radius 2 is 1.96 bits per heavy atom. The van der Waals surface area contributed by atoms with Crippen LogP contribution in [0.4, 0.5) is 15.3 Å². The van der Waals surface area contributed by atoms with Gasteiger partial charge in [-0.15, -0.1) is 0 Å². The van der Waals surface area contributed by atoms with E-state index in [1.54, 1.807) is 19.0 Å². The second kappa shape index (κ2) is 7.12. The number of rotatable bonds is 1. The summed E-state index contributed by atoms with van der Waals surface area (Å²) in [6.45, 7) is 3.89. The molecule has 1 aromatic rings. The number of nitrogens with zero attached hydrogens (tertiary/aromatic N) is 3. The van der Waals surface area contributed by atoms with Crippen molar-refractivity contribution in [2.45, 2.75) is 25.8 Å². The van der Waals surface area contributed by atoms with E-state index in [9.17, 15) is 9.59 Å². The van der Waals surface area contributed by atoms with Gasteiger partial charge in [-0.25, -0.2) is 9.59 Å². The SMILES string of the molecule is Cc1c(Cl)cccc1NC(=O)N1C[C@H]2CC[C@@H]1CN(C(=O)N(C)C)C2. The van der Waals surface area contributed by atoms with Gasteiger partial charge in [-0.05, 0) is 43.4 Å². The molecule has 3 aliphatic rings. The molecule has 6 nitrogen and oxygen atoms in total. The van der Waals surface area contributed by atoms with Crippen molar-refractivity contribution in [3.05, 3.63) is 28.8 Å². The molecule has 3 saturated heterocycles. The van der Waals surface area contributed by atoms with E-state index in [0.29, 0.717) is 30.6 Å². The van der Waals surface area contributed by atoms with Gasteiger partial charge in [-0.2, -0.15) is 0 Å². The number of carbonyl (C=O) groups excluding carboxylic acids is 2. The van der Waals surface area contributed by atoms with E-state index >= 15 is 0 Å². The third-order valence-electron chi connectivity index (χ3n) is 5.14. The minimum absolute atomic E-state index is 0.0184. The number of nitrogens with one attached hydrogen (secondary N) is 1. The van der Waals surface area contributed by atoms with Gasteiger partial charge in [0.15, 0.2) is 0 Å². The van der Waals surface area contributed by atoms with Crippen LogP contribution in [-0.2, 0) is 0 Å². The molecule has 0 saturated carbocycles. The summed E-state index contributed by atoms with van der Waals surface area (Å²) in [4.78, 5) is 30.5. The average Bonchev–Trinajstić information content (AvgIpc) is 2.90. The molecule has 136 valence electrons. The number of urea groups is 2. The first-order valence-electron chi connectivity index (χ1n) is 8.65. The van der Waals surface area contributed by atoms with Crippen LogP contribution >= 0.6 is 11.6 Å². The van der Waals surface area contributed by atoms with E-state index in [4.69, 9.17) is 11.6 Å². The van der Waals surface area contributed by atoms with Crippen LogP contribution in [-0.4, -0.2) is 66.5 Å². The number of hydrogen-bond acceptors (Lipinski definition) is 2. The predicted octanol–water partition coefficient (Wildman–Crippen LogP) is 3.26. The Morgan fingerprint density at radius 3 is 2.68 bits per heavy atom. The van der Waals surface area contributed by atoms with Crippen LogP contribution in [0.25, 0.3) is 0 Å². The number of amides is 4. The number of piperidine rings is 1. The lowest BCUT2D eigenvalue weighted by atomic mass is 9.95. The maximum Gasteiger partial charge on any atom is 0.322 e. The van der Waals surface area contributed by atoms with Crippen molar-refractivity contribution < 1.29 is 9.59 Å². The number of halogens is 1. The van der Waals surface area contributed by atoms with E-state index in [0.717, 1.165) is 24.1 Å². The number of fused-ring (bicyclic) bond motifs is 4. The monoisotopic (exact) mass is 364 g/mol. The number of carbonyl (C=O) groups is 2. The van der Waals surface area contributed by atoms with Gasteiger partial charge in [0.1, 0.15) is 0 Å². The molecule has 25 heavy (non-hydrogen) atoms. The maximum absolute atomic E-state index is 12.8. The van der Waals surface area contributed by atoms with Crippen molar-refractivity contribution in [2.75, 3.05) is 39.0 Å². The van der Waals surface area contributed by atoms with E-state index in [-0.39, 0.29) is 18.1 Å². The van der Waals surface area contributed by atoms with Crippen molar-refractivity contribution in [2.24, 2.45) is 5.92 Å². The first kappa shape index (κ1) is 17.9. The Labute approximate surface area is 153 Å². The molecule has 0 spiro atoms. The Bertz CT molecular complexity index is 679. The fourth-order valence-corrected chi connectivity index (χ4v) is 3.87. The highest BCUT2D eigenvalue weighted by molar-refractivity contribution is 6.31. The maximum atomic E-state index is 12.8. The predicted molar refractivity (Wildman–Crippen MR) is 99.1 cm³/mol. The number of anilines is 1. The smallest absolute Gasteiger partial charge is 0.322 e. The van der Waals surface area contributed by atoms with E-state index < -0.39 is 0 Å². The molecule has 0 aliphatic carbocycles. The average molecular weight is 365 g/mol. The van der Waals surface area contributed by atoms with Crippen LogP contribution in [0.15, 0.2) is 18.2 Å². The molecule has 4 rings (SSSR count). The van der Waals surface area contributed by atoms with Crippen molar-refractivity contribution in [1.29, 1.82) is 0 Å². The molecule has 0 aromatic heterocycles. The molecule has 2 atom stereocenters.